The molecule has 1 N–H and O–H groups in total. The first-order valence-corrected chi connectivity index (χ1v) is 8.05. The van der Waals surface area contributed by atoms with E-state index in [1.165, 1.54) is 41.7 Å². The van der Waals surface area contributed by atoms with Gasteiger partial charge in [0.2, 0.25) is 0 Å². The first-order valence-electron chi connectivity index (χ1n) is 7.24. The third kappa shape index (κ3) is 3.53. The van der Waals surface area contributed by atoms with E-state index < -0.39 is 10.8 Å². The van der Waals surface area contributed by atoms with E-state index in [2.05, 4.69) is 10.3 Å². The second-order valence-electron chi connectivity index (χ2n) is 5.16. The molecule has 0 aliphatic rings. The van der Waals surface area contributed by atoms with E-state index in [0.717, 1.165) is 10.4 Å². The molecule has 2 aromatic carbocycles. The number of anilines is 1. The van der Waals surface area contributed by atoms with Gasteiger partial charge in [-0.3, -0.25) is 20.2 Å². The highest BCUT2D eigenvalue weighted by molar-refractivity contribution is 7.16. The van der Waals surface area contributed by atoms with Crippen LogP contribution in [-0.4, -0.2) is 15.8 Å². The molecular weight excluding hydrogens is 345 g/mol. The molecule has 1 amide bonds. The van der Waals surface area contributed by atoms with E-state index >= 15 is 0 Å². The summed E-state index contributed by atoms with van der Waals surface area (Å²) in [6.07, 6.45) is 0. The summed E-state index contributed by atoms with van der Waals surface area (Å²) in [6, 6.07) is 11.6. The smallest absolute Gasteiger partial charge is 0.282 e. The monoisotopic (exact) mass is 357 g/mol. The highest BCUT2D eigenvalue weighted by atomic mass is 32.1. The quantitative estimate of drug-likeness (QED) is 0.553. The Kier molecular flexibility index (Phi) is 4.53. The average Bonchev–Trinajstić information content (AvgIpc) is 2.95. The number of rotatable bonds is 4. The Morgan fingerprint density at radius 3 is 2.56 bits per heavy atom. The summed E-state index contributed by atoms with van der Waals surface area (Å²) in [5.74, 6) is -0.951. The van der Waals surface area contributed by atoms with Crippen LogP contribution < -0.4 is 5.32 Å². The molecule has 0 aliphatic heterocycles. The van der Waals surface area contributed by atoms with Crippen LogP contribution in [0.3, 0.4) is 0 Å². The Labute approximate surface area is 146 Å². The van der Waals surface area contributed by atoms with Crippen molar-refractivity contribution in [3.63, 3.8) is 0 Å². The predicted molar refractivity (Wildman–Crippen MR) is 93.3 cm³/mol. The Morgan fingerprint density at radius 2 is 1.88 bits per heavy atom. The Bertz CT molecular complexity index is 954. The number of benzene rings is 2. The van der Waals surface area contributed by atoms with Crippen molar-refractivity contribution in [2.75, 3.05) is 5.32 Å². The van der Waals surface area contributed by atoms with E-state index in [-0.39, 0.29) is 17.1 Å². The van der Waals surface area contributed by atoms with Crippen LogP contribution in [0.25, 0.3) is 11.3 Å². The topological polar surface area (TPSA) is 85.1 Å². The van der Waals surface area contributed by atoms with Gasteiger partial charge in [0.15, 0.2) is 5.13 Å². The zero-order valence-electron chi connectivity index (χ0n) is 13.0. The van der Waals surface area contributed by atoms with E-state index in [1.54, 1.807) is 18.2 Å². The van der Waals surface area contributed by atoms with E-state index in [9.17, 15) is 19.3 Å². The fourth-order valence-electron chi connectivity index (χ4n) is 2.31. The highest BCUT2D eigenvalue weighted by Crippen LogP contribution is 2.31. The average molecular weight is 357 g/mol. The van der Waals surface area contributed by atoms with Gasteiger partial charge in [0.25, 0.3) is 11.6 Å². The summed E-state index contributed by atoms with van der Waals surface area (Å²) in [7, 11) is 0. The minimum absolute atomic E-state index is 0.0383. The van der Waals surface area contributed by atoms with Crippen LogP contribution >= 0.6 is 11.3 Å². The molecule has 25 heavy (non-hydrogen) atoms. The van der Waals surface area contributed by atoms with Crippen molar-refractivity contribution in [3.8, 4) is 11.3 Å². The number of carbonyl (C=O) groups excluding carboxylic acids is 1. The summed E-state index contributed by atoms with van der Waals surface area (Å²) >= 11 is 1.24. The zero-order chi connectivity index (χ0) is 18.0. The SMILES string of the molecule is Cc1sc(NC(=O)c2ccccc2[N+](=O)[O-])nc1-c1ccc(F)cc1. The summed E-state index contributed by atoms with van der Waals surface area (Å²) in [4.78, 5) is 28.0. The van der Waals surface area contributed by atoms with E-state index in [1.807, 2.05) is 6.92 Å². The number of aryl methyl sites for hydroxylation is 1. The number of nitrogens with one attached hydrogen (secondary N) is 1. The van der Waals surface area contributed by atoms with Gasteiger partial charge in [-0.2, -0.15) is 0 Å². The van der Waals surface area contributed by atoms with Crippen molar-refractivity contribution >= 4 is 28.1 Å². The van der Waals surface area contributed by atoms with E-state index in [4.69, 9.17) is 0 Å². The van der Waals surface area contributed by atoms with Gasteiger partial charge in [-0.15, -0.1) is 11.3 Å². The van der Waals surface area contributed by atoms with Gasteiger partial charge in [-0.25, -0.2) is 9.37 Å². The molecule has 8 heteroatoms. The first-order chi connectivity index (χ1) is 12.0. The van der Waals surface area contributed by atoms with Crippen LogP contribution in [0.15, 0.2) is 48.5 Å². The van der Waals surface area contributed by atoms with Crippen molar-refractivity contribution in [1.82, 2.24) is 4.98 Å². The largest absolute Gasteiger partial charge is 0.298 e. The lowest BCUT2D eigenvalue weighted by molar-refractivity contribution is -0.385. The molecule has 0 fully saturated rings. The van der Waals surface area contributed by atoms with Gasteiger partial charge in [-0.05, 0) is 37.3 Å². The standard InChI is InChI=1S/C17H12FN3O3S/c1-10-15(11-6-8-12(18)9-7-11)19-17(25-10)20-16(22)13-4-2-3-5-14(13)21(23)24/h2-9H,1H3,(H,19,20,22). The number of para-hydroxylation sites is 1. The second-order valence-corrected chi connectivity index (χ2v) is 6.36. The van der Waals surface area contributed by atoms with Crippen LogP contribution in [0.1, 0.15) is 15.2 Å². The lowest BCUT2D eigenvalue weighted by Gasteiger charge is -2.02. The predicted octanol–water partition coefficient (Wildman–Crippen LogP) is 4.42. The fraction of sp³-hybridized carbons (Fsp3) is 0.0588. The third-order valence-corrected chi connectivity index (χ3v) is 4.37. The maximum atomic E-state index is 13.0. The molecule has 6 nitrogen and oxygen atoms in total. The van der Waals surface area contributed by atoms with Crippen LogP contribution in [0.5, 0.6) is 0 Å². The number of nitro benzene ring substituents is 1. The van der Waals surface area contributed by atoms with Crippen molar-refractivity contribution < 1.29 is 14.1 Å². The Balaban J connectivity index is 1.87. The molecule has 0 unspecified atom stereocenters. The summed E-state index contributed by atoms with van der Waals surface area (Å²) < 4.78 is 13.0. The number of amides is 1. The molecular formula is C17H12FN3O3S. The molecule has 0 radical (unpaired) electrons. The number of halogens is 1. The maximum absolute atomic E-state index is 13.0. The second kappa shape index (κ2) is 6.78. The molecule has 3 rings (SSSR count). The summed E-state index contributed by atoms with van der Waals surface area (Å²) in [5.41, 5.74) is 1.04. The number of carbonyl (C=O) groups is 1. The van der Waals surface area contributed by atoms with Gasteiger partial charge >= 0.3 is 0 Å². The molecule has 0 saturated carbocycles. The fourth-order valence-corrected chi connectivity index (χ4v) is 3.15. The van der Waals surface area contributed by atoms with Gasteiger partial charge in [0, 0.05) is 16.5 Å². The van der Waals surface area contributed by atoms with Crippen LogP contribution in [-0.2, 0) is 0 Å². The highest BCUT2D eigenvalue weighted by Gasteiger charge is 2.20. The first kappa shape index (κ1) is 16.7. The van der Waals surface area contributed by atoms with Gasteiger partial charge in [-0.1, -0.05) is 12.1 Å². The van der Waals surface area contributed by atoms with Gasteiger partial charge in [0.1, 0.15) is 11.4 Å². The zero-order valence-corrected chi connectivity index (χ0v) is 13.8. The normalized spacial score (nSPS) is 10.5. The molecule has 0 bridgehead atoms. The molecule has 0 aliphatic carbocycles. The Morgan fingerprint density at radius 1 is 1.20 bits per heavy atom. The molecule has 1 heterocycles. The van der Waals surface area contributed by atoms with Crippen molar-refractivity contribution in [1.29, 1.82) is 0 Å². The van der Waals surface area contributed by atoms with Crippen molar-refractivity contribution in [2.24, 2.45) is 0 Å². The molecule has 1 aromatic heterocycles. The van der Waals surface area contributed by atoms with Crippen LogP contribution in [0.2, 0.25) is 0 Å². The third-order valence-electron chi connectivity index (χ3n) is 3.48. The van der Waals surface area contributed by atoms with Crippen LogP contribution in [0, 0.1) is 22.9 Å². The number of nitro groups is 1. The number of aromatic nitrogens is 1. The number of hydrogen-bond acceptors (Lipinski definition) is 5. The minimum Gasteiger partial charge on any atom is -0.298 e. The van der Waals surface area contributed by atoms with Gasteiger partial charge < -0.3 is 0 Å². The minimum atomic E-state index is -0.605. The summed E-state index contributed by atoms with van der Waals surface area (Å²) in [6.45, 7) is 1.83. The number of thiazole rings is 1. The molecule has 126 valence electrons. The van der Waals surface area contributed by atoms with Crippen LogP contribution in [0.4, 0.5) is 15.2 Å². The van der Waals surface area contributed by atoms with E-state index in [0.29, 0.717) is 10.8 Å². The molecule has 0 spiro atoms. The van der Waals surface area contributed by atoms with Gasteiger partial charge in [0.05, 0.1) is 10.6 Å². The van der Waals surface area contributed by atoms with Crippen molar-refractivity contribution in [3.05, 3.63) is 74.9 Å². The summed E-state index contributed by atoms with van der Waals surface area (Å²) in [5, 5.41) is 13.9. The lowest BCUT2D eigenvalue weighted by atomic mass is 10.1. The van der Waals surface area contributed by atoms with Crippen molar-refractivity contribution in [2.45, 2.75) is 6.92 Å². The number of hydrogen-bond donors (Lipinski definition) is 1. The maximum Gasteiger partial charge on any atom is 0.282 e. The molecule has 0 saturated heterocycles. The molecule has 3 aromatic rings. The number of nitrogens with zero attached hydrogens (tertiary/aromatic N) is 2. The lowest BCUT2D eigenvalue weighted by Crippen LogP contribution is -2.13. The molecule has 0 atom stereocenters. The Hall–Kier alpha value is -3.13.